The highest BCUT2D eigenvalue weighted by Crippen LogP contribution is 2.38. The van der Waals surface area contributed by atoms with Crippen LogP contribution < -0.4 is 0 Å². The molecule has 2 heterocycles. The number of carboxylic acid groups (broad SMARTS) is 1. The molecule has 1 aromatic heterocycles. The summed E-state index contributed by atoms with van der Waals surface area (Å²) in [6, 6.07) is 19.3. The molecule has 4 rings (SSSR count). The van der Waals surface area contributed by atoms with Gasteiger partial charge in [0.2, 0.25) is 11.7 Å². The van der Waals surface area contributed by atoms with Gasteiger partial charge in [-0.15, -0.1) is 0 Å². The standard InChI is InChI=1S/C21H21N3O3/c1-21(20(25)26)12-13-24(14-21)17(15-8-4-2-5-9-15)19-22-18(23-27-19)16-10-6-3-7-11-16/h2-11,17H,12-14H2,1H3,(H,25,26). The minimum atomic E-state index is -0.771. The number of hydrogen-bond donors (Lipinski definition) is 1. The van der Waals surface area contributed by atoms with Crippen LogP contribution in [0, 0.1) is 5.41 Å². The molecule has 1 saturated heterocycles. The summed E-state index contributed by atoms with van der Waals surface area (Å²) in [5, 5.41) is 13.7. The predicted octanol–water partition coefficient (Wildman–Crippen LogP) is 3.62. The molecule has 0 aliphatic carbocycles. The molecule has 27 heavy (non-hydrogen) atoms. The monoisotopic (exact) mass is 363 g/mol. The molecule has 0 bridgehead atoms. The van der Waals surface area contributed by atoms with E-state index >= 15 is 0 Å². The molecule has 1 N–H and O–H groups in total. The molecule has 2 aromatic carbocycles. The Morgan fingerprint density at radius 2 is 1.81 bits per heavy atom. The highest BCUT2D eigenvalue weighted by Gasteiger charge is 2.44. The van der Waals surface area contributed by atoms with Gasteiger partial charge in [0.15, 0.2) is 0 Å². The molecule has 0 amide bonds. The second-order valence-corrected chi connectivity index (χ2v) is 7.22. The molecule has 0 saturated carbocycles. The van der Waals surface area contributed by atoms with Gasteiger partial charge in [0.25, 0.3) is 0 Å². The molecular formula is C21H21N3O3. The van der Waals surface area contributed by atoms with Gasteiger partial charge < -0.3 is 9.63 Å². The van der Waals surface area contributed by atoms with Gasteiger partial charge in [-0.05, 0) is 18.9 Å². The average molecular weight is 363 g/mol. The van der Waals surface area contributed by atoms with Crippen LogP contribution in [-0.2, 0) is 4.79 Å². The maximum absolute atomic E-state index is 11.7. The third-order valence-corrected chi connectivity index (χ3v) is 5.21. The maximum atomic E-state index is 11.7. The minimum Gasteiger partial charge on any atom is -0.481 e. The summed E-state index contributed by atoms with van der Waals surface area (Å²) in [5.41, 5.74) is 1.13. The van der Waals surface area contributed by atoms with E-state index < -0.39 is 11.4 Å². The first kappa shape index (κ1) is 17.4. The number of benzene rings is 2. The lowest BCUT2D eigenvalue weighted by Crippen LogP contribution is -2.34. The zero-order valence-electron chi connectivity index (χ0n) is 15.1. The predicted molar refractivity (Wildman–Crippen MR) is 100.0 cm³/mol. The number of carboxylic acids is 1. The van der Waals surface area contributed by atoms with Crippen LogP contribution in [0.15, 0.2) is 65.2 Å². The van der Waals surface area contributed by atoms with Crippen LogP contribution in [0.2, 0.25) is 0 Å². The van der Waals surface area contributed by atoms with E-state index in [4.69, 9.17) is 4.52 Å². The Morgan fingerprint density at radius 3 is 2.44 bits per heavy atom. The van der Waals surface area contributed by atoms with Crippen molar-refractivity contribution in [1.82, 2.24) is 15.0 Å². The van der Waals surface area contributed by atoms with Crippen LogP contribution in [0.5, 0.6) is 0 Å². The smallest absolute Gasteiger partial charge is 0.310 e. The molecule has 2 atom stereocenters. The number of aliphatic carboxylic acids is 1. The molecule has 138 valence electrons. The molecule has 3 aromatic rings. The second kappa shape index (κ2) is 6.96. The molecule has 1 fully saturated rings. The summed E-state index contributed by atoms with van der Waals surface area (Å²) in [4.78, 5) is 18.4. The summed E-state index contributed by atoms with van der Waals surface area (Å²) >= 11 is 0. The van der Waals surface area contributed by atoms with Crippen LogP contribution in [0.4, 0.5) is 0 Å². The lowest BCUT2D eigenvalue weighted by Gasteiger charge is -2.26. The number of likely N-dealkylation sites (tertiary alicyclic amines) is 1. The van der Waals surface area contributed by atoms with Crippen molar-refractivity contribution in [3.05, 3.63) is 72.1 Å². The Labute approximate surface area is 157 Å². The molecule has 1 aliphatic rings. The Hall–Kier alpha value is -2.99. The summed E-state index contributed by atoms with van der Waals surface area (Å²) in [5.74, 6) is 0.244. The first-order chi connectivity index (χ1) is 13.1. The molecule has 2 unspecified atom stereocenters. The number of nitrogens with zero attached hydrogens (tertiary/aromatic N) is 3. The lowest BCUT2D eigenvalue weighted by atomic mass is 9.90. The van der Waals surface area contributed by atoms with Crippen molar-refractivity contribution in [3.63, 3.8) is 0 Å². The molecule has 6 nitrogen and oxygen atoms in total. The second-order valence-electron chi connectivity index (χ2n) is 7.22. The zero-order chi connectivity index (χ0) is 18.9. The van der Waals surface area contributed by atoms with Crippen LogP contribution in [0.3, 0.4) is 0 Å². The van der Waals surface area contributed by atoms with Crippen LogP contribution in [0.25, 0.3) is 11.4 Å². The summed E-state index contributed by atoms with van der Waals surface area (Å²) in [7, 11) is 0. The minimum absolute atomic E-state index is 0.266. The Morgan fingerprint density at radius 1 is 1.15 bits per heavy atom. The van der Waals surface area contributed by atoms with E-state index in [-0.39, 0.29) is 6.04 Å². The van der Waals surface area contributed by atoms with Gasteiger partial charge in [0.05, 0.1) is 5.41 Å². The zero-order valence-corrected chi connectivity index (χ0v) is 15.1. The van der Waals surface area contributed by atoms with Gasteiger partial charge in [0.1, 0.15) is 6.04 Å². The quantitative estimate of drug-likeness (QED) is 0.746. The maximum Gasteiger partial charge on any atom is 0.310 e. The fourth-order valence-corrected chi connectivity index (χ4v) is 3.59. The third-order valence-electron chi connectivity index (χ3n) is 5.21. The van der Waals surface area contributed by atoms with E-state index in [1.54, 1.807) is 6.92 Å². The number of hydrogen-bond acceptors (Lipinski definition) is 5. The van der Waals surface area contributed by atoms with Crippen molar-refractivity contribution in [1.29, 1.82) is 0 Å². The summed E-state index contributed by atoms with van der Waals surface area (Å²) in [6.07, 6.45) is 0.589. The fraction of sp³-hybridized carbons (Fsp3) is 0.286. The van der Waals surface area contributed by atoms with E-state index in [0.717, 1.165) is 11.1 Å². The van der Waals surface area contributed by atoms with Crippen molar-refractivity contribution < 1.29 is 14.4 Å². The van der Waals surface area contributed by atoms with Gasteiger partial charge >= 0.3 is 5.97 Å². The number of rotatable bonds is 5. The van der Waals surface area contributed by atoms with Gasteiger partial charge in [-0.1, -0.05) is 65.8 Å². The van der Waals surface area contributed by atoms with E-state index in [1.165, 1.54) is 0 Å². The lowest BCUT2D eigenvalue weighted by molar-refractivity contribution is -0.147. The van der Waals surface area contributed by atoms with E-state index in [9.17, 15) is 9.90 Å². The van der Waals surface area contributed by atoms with Crippen molar-refractivity contribution in [3.8, 4) is 11.4 Å². The fourth-order valence-electron chi connectivity index (χ4n) is 3.59. The first-order valence-electron chi connectivity index (χ1n) is 8.98. The van der Waals surface area contributed by atoms with Crippen molar-refractivity contribution >= 4 is 5.97 Å². The van der Waals surface area contributed by atoms with Gasteiger partial charge in [0, 0.05) is 18.7 Å². The largest absolute Gasteiger partial charge is 0.481 e. The van der Waals surface area contributed by atoms with Gasteiger partial charge in [-0.3, -0.25) is 9.69 Å². The normalized spacial score (nSPS) is 21.2. The van der Waals surface area contributed by atoms with E-state index in [1.807, 2.05) is 60.7 Å². The highest BCUT2D eigenvalue weighted by atomic mass is 16.5. The van der Waals surface area contributed by atoms with E-state index in [0.29, 0.717) is 31.2 Å². The summed E-state index contributed by atoms with van der Waals surface area (Å²) < 4.78 is 5.63. The number of aromatic nitrogens is 2. The van der Waals surface area contributed by atoms with Crippen molar-refractivity contribution in [2.45, 2.75) is 19.4 Å². The van der Waals surface area contributed by atoms with Crippen molar-refractivity contribution in [2.24, 2.45) is 5.41 Å². The molecule has 1 aliphatic heterocycles. The van der Waals surface area contributed by atoms with Crippen LogP contribution >= 0.6 is 0 Å². The topological polar surface area (TPSA) is 79.5 Å². The molecular weight excluding hydrogens is 342 g/mol. The van der Waals surface area contributed by atoms with Gasteiger partial charge in [-0.25, -0.2) is 0 Å². The Bertz CT molecular complexity index is 926. The first-order valence-corrected chi connectivity index (χ1v) is 8.98. The molecule has 0 spiro atoms. The SMILES string of the molecule is CC1(C(=O)O)CCN(C(c2ccccc2)c2nc(-c3ccccc3)no2)C1. The van der Waals surface area contributed by atoms with Gasteiger partial charge in [-0.2, -0.15) is 4.98 Å². The van der Waals surface area contributed by atoms with Crippen molar-refractivity contribution in [2.75, 3.05) is 13.1 Å². The molecule has 0 radical (unpaired) electrons. The van der Waals surface area contributed by atoms with Crippen LogP contribution in [0.1, 0.15) is 30.8 Å². The Balaban J connectivity index is 1.70. The van der Waals surface area contributed by atoms with E-state index in [2.05, 4.69) is 15.0 Å². The average Bonchev–Trinajstić information content (AvgIpc) is 3.32. The van der Waals surface area contributed by atoms with Crippen LogP contribution in [-0.4, -0.2) is 39.2 Å². The Kier molecular flexibility index (Phi) is 4.49. The highest BCUT2D eigenvalue weighted by molar-refractivity contribution is 5.75. The molecule has 6 heteroatoms. The number of carbonyl (C=O) groups is 1. The summed E-state index contributed by atoms with van der Waals surface area (Å²) in [6.45, 7) is 2.89. The third kappa shape index (κ3) is 3.36.